The van der Waals surface area contributed by atoms with Crippen molar-refractivity contribution in [2.24, 2.45) is 5.73 Å². The maximum Gasteiger partial charge on any atom is 0.145 e. The molecule has 0 saturated carbocycles. The molecule has 1 nitrogen and oxygen atoms in total. The van der Waals surface area contributed by atoms with Gasteiger partial charge in [0.2, 0.25) is 0 Å². The number of rotatable bonds is 2. The van der Waals surface area contributed by atoms with Crippen molar-refractivity contribution in [3.8, 4) is 0 Å². The fraction of sp³-hybridized carbons (Fsp3) is 0.143. The van der Waals surface area contributed by atoms with E-state index in [1.54, 1.807) is 0 Å². The van der Waals surface area contributed by atoms with Gasteiger partial charge in [-0.1, -0.05) is 6.07 Å². The Morgan fingerprint density at radius 2 is 1.40 bits per heavy atom. The number of hydrogen-bond acceptors (Lipinski definition) is 1. The normalized spacial score (nSPS) is 12.6. The van der Waals surface area contributed by atoms with E-state index >= 15 is 0 Å². The summed E-state index contributed by atoms with van der Waals surface area (Å²) in [5.74, 6) is -3.79. The average molecular weight is 348 g/mol. The van der Waals surface area contributed by atoms with E-state index < -0.39 is 40.4 Å². The minimum atomic E-state index is -1.58. The predicted molar refractivity (Wildman–Crippen MR) is 71.2 cm³/mol. The fourth-order valence-corrected chi connectivity index (χ4v) is 2.28. The van der Waals surface area contributed by atoms with Gasteiger partial charge in [0.15, 0.2) is 0 Å². The van der Waals surface area contributed by atoms with E-state index in [9.17, 15) is 17.6 Å². The van der Waals surface area contributed by atoms with Crippen LogP contribution in [-0.2, 0) is 0 Å². The molecule has 0 aromatic heterocycles. The first kappa shape index (κ1) is 15.0. The van der Waals surface area contributed by atoms with Crippen molar-refractivity contribution in [3.05, 3.63) is 68.7 Å². The maximum atomic E-state index is 14.0. The van der Waals surface area contributed by atoms with Crippen molar-refractivity contribution >= 4 is 15.9 Å². The van der Waals surface area contributed by atoms with Gasteiger partial charge in [-0.2, -0.15) is 0 Å². The Morgan fingerprint density at radius 1 is 0.900 bits per heavy atom. The first-order valence-corrected chi connectivity index (χ1v) is 6.47. The molecule has 0 saturated heterocycles. The summed E-state index contributed by atoms with van der Waals surface area (Å²) in [6.07, 6.45) is 0. The number of benzene rings is 2. The number of hydrogen-bond donors (Lipinski definition) is 1. The van der Waals surface area contributed by atoms with Crippen LogP contribution in [0.25, 0.3) is 0 Å². The molecule has 106 valence electrons. The molecule has 0 fully saturated rings. The van der Waals surface area contributed by atoms with Gasteiger partial charge < -0.3 is 5.73 Å². The van der Waals surface area contributed by atoms with Gasteiger partial charge in [0.1, 0.15) is 23.3 Å². The second-order valence-electron chi connectivity index (χ2n) is 4.33. The number of nitrogens with two attached hydrogens (primary N) is 1. The lowest BCUT2D eigenvalue weighted by atomic mass is 9.96. The monoisotopic (exact) mass is 347 g/mol. The molecule has 0 spiro atoms. The minimum Gasteiger partial charge on any atom is -0.320 e. The van der Waals surface area contributed by atoms with Gasteiger partial charge in [-0.05, 0) is 46.6 Å². The van der Waals surface area contributed by atoms with Gasteiger partial charge in [0, 0.05) is 11.1 Å². The Kier molecular flexibility index (Phi) is 4.15. The SMILES string of the molecule is Cc1ccc(F)c(C(N)c2c(F)ccc(Br)c2F)c1F. The molecular weight excluding hydrogens is 338 g/mol. The second-order valence-corrected chi connectivity index (χ2v) is 5.18. The third-order valence-electron chi connectivity index (χ3n) is 3.02. The summed E-state index contributed by atoms with van der Waals surface area (Å²) >= 11 is 2.89. The lowest BCUT2D eigenvalue weighted by molar-refractivity contribution is 0.506. The van der Waals surface area contributed by atoms with E-state index in [-0.39, 0.29) is 10.0 Å². The second kappa shape index (κ2) is 5.54. The van der Waals surface area contributed by atoms with Gasteiger partial charge in [-0.25, -0.2) is 17.6 Å². The highest BCUT2D eigenvalue weighted by Crippen LogP contribution is 2.32. The molecule has 0 radical (unpaired) electrons. The molecule has 2 aromatic carbocycles. The fourth-order valence-electron chi connectivity index (χ4n) is 1.94. The van der Waals surface area contributed by atoms with E-state index in [0.717, 1.165) is 18.2 Å². The summed E-state index contributed by atoms with van der Waals surface area (Å²) in [6.45, 7) is 1.42. The van der Waals surface area contributed by atoms with Gasteiger partial charge in [-0.15, -0.1) is 0 Å². The summed E-state index contributed by atoms with van der Waals surface area (Å²) in [4.78, 5) is 0. The Morgan fingerprint density at radius 3 is 2.00 bits per heavy atom. The van der Waals surface area contributed by atoms with Crippen LogP contribution in [0.5, 0.6) is 0 Å². The Balaban J connectivity index is 2.67. The summed E-state index contributed by atoms with van der Waals surface area (Å²) < 4.78 is 55.4. The van der Waals surface area contributed by atoms with Crippen molar-refractivity contribution in [2.45, 2.75) is 13.0 Å². The van der Waals surface area contributed by atoms with Crippen molar-refractivity contribution in [2.75, 3.05) is 0 Å². The summed E-state index contributed by atoms with van der Waals surface area (Å²) in [5.41, 5.74) is 4.69. The molecule has 2 aromatic rings. The quantitative estimate of drug-likeness (QED) is 0.633. The highest BCUT2D eigenvalue weighted by molar-refractivity contribution is 9.10. The summed E-state index contributed by atoms with van der Waals surface area (Å²) in [6, 6.07) is 2.81. The van der Waals surface area contributed by atoms with Crippen molar-refractivity contribution in [1.29, 1.82) is 0 Å². The van der Waals surface area contributed by atoms with Crippen LogP contribution in [0.1, 0.15) is 22.7 Å². The van der Waals surface area contributed by atoms with Gasteiger partial charge >= 0.3 is 0 Å². The topological polar surface area (TPSA) is 26.0 Å². The largest absolute Gasteiger partial charge is 0.320 e. The molecule has 1 unspecified atom stereocenters. The van der Waals surface area contributed by atoms with E-state index in [1.807, 2.05) is 0 Å². The number of aryl methyl sites for hydroxylation is 1. The third-order valence-corrected chi connectivity index (χ3v) is 3.63. The predicted octanol–water partition coefficient (Wildman–Crippen LogP) is 4.36. The lowest BCUT2D eigenvalue weighted by Crippen LogP contribution is -2.19. The van der Waals surface area contributed by atoms with Crippen molar-refractivity contribution in [1.82, 2.24) is 0 Å². The molecule has 2 N–H and O–H groups in total. The van der Waals surface area contributed by atoms with Crippen molar-refractivity contribution in [3.63, 3.8) is 0 Å². The van der Waals surface area contributed by atoms with Crippen LogP contribution in [-0.4, -0.2) is 0 Å². The van der Waals surface area contributed by atoms with Gasteiger partial charge in [-0.3, -0.25) is 0 Å². The first-order chi connectivity index (χ1) is 9.34. The van der Waals surface area contributed by atoms with Crippen LogP contribution in [0.3, 0.4) is 0 Å². The molecule has 6 heteroatoms. The van der Waals surface area contributed by atoms with E-state index in [0.29, 0.717) is 0 Å². The van der Waals surface area contributed by atoms with Crippen molar-refractivity contribution < 1.29 is 17.6 Å². The molecule has 0 bridgehead atoms. The Bertz CT molecular complexity index is 615. The van der Waals surface area contributed by atoms with Crippen LogP contribution in [0, 0.1) is 30.2 Å². The first-order valence-electron chi connectivity index (χ1n) is 5.68. The van der Waals surface area contributed by atoms with Crippen LogP contribution in [0.4, 0.5) is 17.6 Å². The molecule has 0 aliphatic carbocycles. The summed E-state index contributed by atoms with van der Waals surface area (Å²) in [5, 5.41) is 0. The van der Waals surface area contributed by atoms with E-state index in [1.165, 1.54) is 13.0 Å². The van der Waals surface area contributed by atoms with Crippen LogP contribution < -0.4 is 5.73 Å². The smallest absolute Gasteiger partial charge is 0.145 e. The third kappa shape index (κ3) is 2.45. The molecular formula is C14H10BrF4N. The van der Waals surface area contributed by atoms with E-state index in [4.69, 9.17) is 5.73 Å². The zero-order chi connectivity index (χ0) is 15.0. The summed E-state index contributed by atoms with van der Waals surface area (Å²) in [7, 11) is 0. The molecule has 0 aliphatic heterocycles. The highest BCUT2D eigenvalue weighted by atomic mass is 79.9. The molecule has 20 heavy (non-hydrogen) atoms. The van der Waals surface area contributed by atoms with Crippen LogP contribution >= 0.6 is 15.9 Å². The minimum absolute atomic E-state index is 0.0298. The molecule has 0 heterocycles. The number of halogens is 5. The maximum absolute atomic E-state index is 14.0. The average Bonchev–Trinajstić information content (AvgIpc) is 2.39. The van der Waals surface area contributed by atoms with Crippen LogP contribution in [0.2, 0.25) is 0 Å². The highest BCUT2D eigenvalue weighted by Gasteiger charge is 2.26. The zero-order valence-electron chi connectivity index (χ0n) is 10.4. The Hall–Kier alpha value is -1.40. The van der Waals surface area contributed by atoms with Gasteiger partial charge in [0.05, 0.1) is 10.5 Å². The Labute approximate surface area is 121 Å². The molecule has 0 aliphatic rings. The standard InChI is InChI=1S/C14H10BrF4N/c1-6-2-4-8(16)10(12(6)18)14(20)11-9(17)5-3-7(15)13(11)19/h2-5,14H,20H2,1H3. The molecule has 0 amide bonds. The van der Waals surface area contributed by atoms with Crippen LogP contribution in [0.15, 0.2) is 28.7 Å². The lowest BCUT2D eigenvalue weighted by Gasteiger charge is -2.17. The molecule has 2 rings (SSSR count). The zero-order valence-corrected chi connectivity index (χ0v) is 11.9. The van der Waals surface area contributed by atoms with Gasteiger partial charge in [0.25, 0.3) is 0 Å². The van der Waals surface area contributed by atoms with E-state index in [2.05, 4.69) is 15.9 Å². The molecule has 1 atom stereocenters.